The zero-order chi connectivity index (χ0) is 12.1. The van der Waals surface area contributed by atoms with Gasteiger partial charge in [0, 0.05) is 13.1 Å². The summed E-state index contributed by atoms with van der Waals surface area (Å²) in [5.41, 5.74) is 0.444. The van der Waals surface area contributed by atoms with Crippen LogP contribution in [0.4, 0.5) is 0 Å². The molecular weight excluding hydrogens is 238 g/mol. The molecule has 17 heavy (non-hydrogen) atoms. The minimum atomic E-state index is -0.500. The molecule has 0 amide bonds. The van der Waals surface area contributed by atoms with E-state index in [1.807, 2.05) is 0 Å². The lowest BCUT2D eigenvalue weighted by Gasteiger charge is -2.38. The normalized spacial score (nSPS) is 19.6. The maximum Gasteiger partial charge on any atom is 0.245 e. The number of ether oxygens (including phenoxy) is 1. The van der Waals surface area contributed by atoms with Crippen LogP contribution in [0.15, 0.2) is 6.20 Å². The molecule has 0 spiro atoms. The monoisotopic (exact) mass is 257 g/mol. The summed E-state index contributed by atoms with van der Waals surface area (Å²) in [5, 5.41) is 13.0. The Kier molecular flexibility index (Phi) is 4.31. The fraction of sp³-hybridized carbons (Fsp3) is 0.818. The van der Waals surface area contributed by atoms with Crippen LogP contribution in [-0.4, -0.2) is 39.7 Å². The van der Waals surface area contributed by atoms with Crippen molar-refractivity contribution in [3.05, 3.63) is 6.20 Å². The molecule has 0 bridgehead atoms. The largest absolute Gasteiger partial charge is 0.473 e. The summed E-state index contributed by atoms with van der Waals surface area (Å²) >= 11 is 1.10. The van der Waals surface area contributed by atoms with Crippen molar-refractivity contribution in [2.45, 2.75) is 32.3 Å². The van der Waals surface area contributed by atoms with Crippen LogP contribution in [0, 0.1) is 5.41 Å². The lowest BCUT2D eigenvalue weighted by Crippen LogP contribution is -2.41. The Balaban J connectivity index is 1.56. The first-order chi connectivity index (χ1) is 8.18. The van der Waals surface area contributed by atoms with Gasteiger partial charge in [-0.2, -0.15) is 4.37 Å². The zero-order valence-corrected chi connectivity index (χ0v) is 10.9. The molecule has 1 unspecified atom stereocenters. The van der Waals surface area contributed by atoms with Crippen molar-refractivity contribution in [1.82, 2.24) is 14.1 Å². The Morgan fingerprint density at radius 1 is 1.65 bits per heavy atom. The van der Waals surface area contributed by atoms with Crippen LogP contribution in [0.1, 0.15) is 26.2 Å². The molecule has 1 heterocycles. The van der Waals surface area contributed by atoms with Crippen molar-refractivity contribution in [1.29, 1.82) is 0 Å². The molecule has 1 aliphatic carbocycles. The third kappa shape index (κ3) is 3.90. The fourth-order valence-corrected chi connectivity index (χ4v) is 2.32. The van der Waals surface area contributed by atoms with Crippen molar-refractivity contribution < 1.29 is 9.84 Å². The smallest absolute Gasteiger partial charge is 0.245 e. The lowest BCUT2D eigenvalue weighted by atomic mass is 9.70. The molecule has 2 N–H and O–H groups in total. The number of aromatic nitrogens is 2. The molecule has 1 atom stereocenters. The Hall–Kier alpha value is -0.720. The topological polar surface area (TPSA) is 67.3 Å². The molecule has 2 rings (SSSR count). The van der Waals surface area contributed by atoms with Crippen molar-refractivity contribution in [2.24, 2.45) is 5.41 Å². The third-order valence-corrected chi connectivity index (χ3v) is 3.72. The standard InChI is InChI=1S/C11H19N3O2S/c1-11(3-2-4-11)8-12-5-9(15)7-16-10-6-13-17-14-10/h6,9,12,15H,2-5,7-8H2,1H3. The summed E-state index contributed by atoms with van der Waals surface area (Å²) in [6.07, 6.45) is 4.97. The second kappa shape index (κ2) is 5.75. The van der Waals surface area contributed by atoms with Gasteiger partial charge >= 0.3 is 0 Å². The van der Waals surface area contributed by atoms with Gasteiger partial charge in [0.05, 0.1) is 11.7 Å². The first-order valence-electron chi connectivity index (χ1n) is 5.97. The molecule has 1 aromatic rings. The number of nitrogens with zero attached hydrogens (tertiary/aromatic N) is 2. The summed E-state index contributed by atoms with van der Waals surface area (Å²) < 4.78 is 13.0. The van der Waals surface area contributed by atoms with Crippen LogP contribution >= 0.6 is 11.7 Å². The van der Waals surface area contributed by atoms with Gasteiger partial charge in [0.25, 0.3) is 0 Å². The minimum Gasteiger partial charge on any atom is -0.473 e. The maximum atomic E-state index is 9.70. The van der Waals surface area contributed by atoms with E-state index in [2.05, 4.69) is 21.0 Å². The highest BCUT2D eigenvalue weighted by Gasteiger charge is 2.31. The van der Waals surface area contributed by atoms with Crippen LogP contribution in [0.25, 0.3) is 0 Å². The van der Waals surface area contributed by atoms with Crippen LogP contribution in [-0.2, 0) is 0 Å². The number of hydrogen-bond donors (Lipinski definition) is 2. The second-order valence-corrected chi connectivity index (χ2v) is 5.56. The van der Waals surface area contributed by atoms with Crippen molar-refractivity contribution in [2.75, 3.05) is 19.7 Å². The van der Waals surface area contributed by atoms with Crippen LogP contribution < -0.4 is 10.1 Å². The maximum absolute atomic E-state index is 9.70. The number of nitrogens with one attached hydrogen (secondary N) is 1. The SMILES string of the molecule is CC1(CNCC(O)COc2cnsn2)CCC1. The van der Waals surface area contributed by atoms with E-state index in [9.17, 15) is 5.11 Å². The number of rotatable bonds is 7. The molecule has 0 aromatic carbocycles. The van der Waals surface area contributed by atoms with E-state index >= 15 is 0 Å². The van der Waals surface area contributed by atoms with Gasteiger partial charge in [0.15, 0.2) is 0 Å². The lowest BCUT2D eigenvalue weighted by molar-refractivity contribution is 0.0931. The van der Waals surface area contributed by atoms with E-state index in [0.29, 0.717) is 17.8 Å². The van der Waals surface area contributed by atoms with Gasteiger partial charge in [-0.1, -0.05) is 13.3 Å². The highest BCUT2D eigenvalue weighted by molar-refractivity contribution is 6.99. The minimum absolute atomic E-state index is 0.259. The molecule has 5 nitrogen and oxygen atoms in total. The summed E-state index contributed by atoms with van der Waals surface area (Å²) in [6.45, 7) is 4.08. The first kappa shape index (κ1) is 12.7. The third-order valence-electron chi connectivity index (χ3n) is 3.26. The highest BCUT2D eigenvalue weighted by atomic mass is 32.1. The molecule has 6 heteroatoms. The van der Waals surface area contributed by atoms with Crippen LogP contribution in [0.3, 0.4) is 0 Å². The summed E-state index contributed by atoms with van der Waals surface area (Å²) in [7, 11) is 0. The Morgan fingerprint density at radius 2 is 2.47 bits per heavy atom. The van der Waals surface area contributed by atoms with Crippen molar-refractivity contribution in [3.63, 3.8) is 0 Å². The van der Waals surface area contributed by atoms with Crippen LogP contribution in [0.5, 0.6) is 5.88 Å². The van der Waals surface area contributed by atoms with Gasteiger partial charge in [-0.05, 0) is 18.3 Å². The Bertz CT molecular complexity index is 327. The number of aliphatic hydroxyl groups excluding tert-OH is 1. The molecule has 96 valence electrons. The van der Waals surface area contributed by atoms with Gasteiger partial charge in [-0.25, -0.2) is 0 Å². The quantitative estimate of drug-likeness (QED) is 0.764. The van der Waals surface area contributed by atoms with Gasteiger partial charge < -0.3 is 15.2 Å². The molecule has 1 fully saturated rings. The average Bonchev–Trinajstić information content (AvgIpc) is 2.77. The zero-order valence-electron chi connectivity index (χ0n) is 10.1. The summed E-state index contributed by atoms with van der Waals surface area (Å²) in [4.78, 5) is 0. The summed E-state index contributed by atoms with van der Waals surface area (Å²) in [6, 6.07) is 0. The van der Waals surface area contributed by atoms with E-state index in [1.54, 1.807) is 6.20 Å². The molecule has 0 aliphatic heterocycles. The molecule has 1 aliphatic rings. The molecular formula is C11H19N3O2S. The van der Waals surface area contributed by atoms with Crippen molar-refractivity contribution >= 4 is 11.7 Å². The molecule has 0 radical (unpaired) electrons. The summed E-state index contributed by atoms with van der Waals surface area (Å²) in [5.74, 6) is 0.486. The van der Waals surface area contributed by atoms with Gasteiger partial charge in [0.1, 0.15) is 18.9 Å². The molecule has 1 saturated carbocycles. The van der Waals surface area contributed by atoms with E-state index in [-0.39, 0.29) is 6.61 Å². The number of hydrogen-bond acceptors (Lipinski definition) is 6. The van der Waals surface area contributed by atoms with Gasteiger partial charge in [-0.15, -0.1) is 4.37 Å². The Labute approximate surface area is 106 Å². The van der Waals surface area contributed by atoms with Gasteiger partial charge in [-0.3, -0.25) is 0 Å². The van der Waals surface area contributed by atoms with E-state index in [0.717, 1.165) is 18.3 Å². The fourth-order valence-electron chi connectivity index (χ4n) is 1.96. The van der Waals surface area contributed by atoms with E-state index < -0.39 is 6.10 Å². The van der Waals surface area contributed by atoms with Crippen LogP contribution in [0.2, 0.25) is 0 Å². The Morgan fingerprint density at radius 3 is 3.06 bits per heavy atom. The molecule has 0 saturated heterocycles. The average molecular weight is 257 g/mol. The van der Waals surface area contributed by atoms with Crippen molar-refractivity contribution in [3.8, 4) is 5.88 Å². The van der Waals surface area contributed by atoms with Gasteiger partial charge in [0.2, 0.25) is 5.88 Å². The highest BCUT2D eigenvalue weighted by Crippen LogP contribution is 2.39. The first-order valence-corrected chi connectivity index (χ1v) is 6.70. The predicted octanol–water partition coefficient (Wildman–Crippen LogP) is 1.06. The number of aliphatic hydroxyl groups is 1. The van der Waals surface area contributed by atoms with E-state index in [1.165, 1.54) is 19.3 Å². The second-order valence-electron chi connectivity index (χ2n) is 5.01. The van der Waals surface area contributed by atoms with E-state index in [4.69, 9.17) is 4.74 Å². The predicted molar refractivity (Wildman–Crippen MR) is 66.2 cm³/mol. The molecule has 1 aromatic heterocycles.